The molecule has 0 spiro atoms. The van der Waals surface area contributed by atoms with Crippen molar-refractivity contribution in [2.45, 2.75) is 6.92 Å². The van der Waals surface area contributed by atoms with Gasteiger partial charge < -0.3 is 10.4 Å². The van der Waals surface area contributed by atoms with Crippen LogP contribution in [-0.4, -0.2) is 24.2 Å². The van der Waals surface area contributed by atoms with Gasteiger partial charge in [0, 0.05) is 19.2 Å². The van der Waals surface area contributed by atoms with Crippen molar-refractivity contribution >= 4 is 12.0 Å². The first-order valence-corrected chi connectivity index (χ1v) is 5.72. The molecule has 1 aromatic rings. The molecule has 1 unspecified atom stereocenters. The minimum atomic E-state index is -0.195. The zero-order valence-corrected chi connectivity index (χ0v) is 10.3. The van der Waals surface area contributed by atoms with Crippen LogP contribution < -0.4 is 5.32 Å². The highest BCUT2D eigenvalue weighted by Crippen LogP contribution is 2.04. The summed E-state index contributed by atoms with van der Waals surface area (Å²) in [6.07, 6.45) is 3.12. The van der Waals surface area contributed by atoms with Gasteiger partial charge in [0.05, 0.1) is 11.6 Å². The van der Waals surface area contributed by atoms with Crippen molar-refractivity contribution in [2.24, 2.45) is 5.92 Å². The first-order valence-electron chi connectivity index (χ1n) is 5.72. The standard InChI is InChI=1S/C14H16N2O2/c1-11(10-17)9-16-14(18)7-6-12-2-4-13(8-15)5-3-12/h2-7,11,17H,9-10H2,1H3,(H,16,18). The number of amides is 1. The summed E-state index contributed by atoms with van der Waals surface area (Å²) in [5.74, 6) is -0.142. The Kier molecular flexibility index (Phi) is 5.62. The third-order valence-electron chi connectivity index (χ3n) is 2.40. The Morgan fingerprint density at radius 1 is 1.50 bits per heavy atom. The molecule has 0 saturated heterocycles. The molecule has 1 atom stereocenters. The average Bonchev–Trinajstić information content (AvgIpc) is 2.42. The monoisotopic (exact) mass is 244 g/mol. The smallest absolute Gasteiger partial charge is 0.244 e. The highest BCUT2D eigenvalue weighted by molar-refractivity contribution is 5.91. The zero-order chi connectivity index (χ0) is 13.4. The van der Waals surface area contributed by atoms with Crippen molar-refractivity contribution in [3.8, 4) is 6.07 Å². The molecule has 0 aliphatic carbocycles. The summed E-state index contributed by atoms with van der Waals surface area (Å²) in [7, 11) is 0. The lowest BCUT2D eigenvalue weighted by Crippen LogP contribution is -2.27. The van der Waals surface area contributed by atoms with Gasteiger partial charge in [-0.2, -0.15) is 5.26 Å². The van der Waals surface area contributed by atoms with E-state index < -0.39 is 0 Å². The number of aliphatic hydroxyl groups is 1. The molecule has 94 valence electrons. The number of nitrogens with zero attached hydrogens (tertiary/aromatic N) is 1. The van der Waals surface area contributed by atoms with Crippen molar-refractivity contribution in [3.63, 3.8) is 0 Å². The highest BCUT2D eigenvalue weighted by Gasteiger charge is 2.01. The SMILES string of the molecule is CC(CO)CNC(=O)C=Cc1ccc(C#N)cc1. The molecule has 1 rings (SSSR count). The van der Waals surface area contributed by atoms with E-state index in [9.17, 15) is 4.79 Å². The Morgan fingerprint density at radius 2 is 2.17 bits per heavy atom. The highest BCUT2D eigenvalue weighted by atomic mass is 16.3. The van der Waals surface area contributed by atoms with Crippen molar-refractivity contribution in [1.82, 2.24) is 5.32 Å². The fourth-order valence-corrected chi connectivity index (χ4v) is 1.24. The maximum Gasteiger partial charge on any atom is 0.244 e. The Balaban J connectivity index is 2.48. The second kappa shape index (κ2) is 7.25. The molecule has 18 heavy (non-hydrogen) atoms. The number of nitrogens with one attached hydrogen (secondary N) is 1. The number of nitriles is 1. The van der Waals surface area contributed by atoms with Gasteiger partial charge >= 0.3 is 0 Å². The Bertz CT molecular complexity index is 458. The second-order valence-electron chi connectivity index (χ2n) is 4.10. The van der Waals surface area contributed by atoms with Crippen LogP contribution in [0.2, 0.25) is 0 Å². The molecule has 0 aromatic heterocycles. The predicted molar refractivity (Wildman–Crippen MR) is 69.5 cm³/mol. The van der Waals surface area contributed by atoms with Crippen LogP contribution in [0.5, 0.6) is 0 Å². The van der Waals surface area contributed by atoms with Crippen LogP contribution in [0.3, 0.4) is 0 Å². The Morgan fingerprint density at radius 3 is 2.72 bits per heavy atom. The number of hydrogen-bond donors (Lipinski definition) is 2. The lowest BCUT2D eigenvalue weighted by atomic mass is 10.1. The quantitative estimate of drug-likeness (QED) is 0.767. The van der Waals surface area contributed by atoms with Gasteiger partial charge in [-0.1, -0.05) is 19.1 Å². The average molecular weight is 244 g/mol. The van der Waals surface area contributed by atoms with Crippen LogP contribution in [0.4, 0.5) is 0 Å². The van der Waals surface area contributed by atoms with Crippen molar-refractivity contribution in [2.75, 3.05) is 13.2 Å². The summed E-state index contributed by atoms with van der Waals surface area (Å²) in [4.78, 5) is 11.4. The summed E-state index contributed by atoms with van der Waals surface area (Å²) in [6, 6.07) is 8.98. The third-order valence-corrected chi connectivity index (χ3v) is 2.40. The third kappa shape index (κ3) is 4.81. The number of carbonyl (C=O) groups is 1. The van der Waals surface area contributed by atoms with Crippen molar-refractivity contribution in [3.05, 3.63) is 41.5 Å². The summed E-state index contributed by atoms with van der Waals surface area (Å²) in [6.45, 7) is 2.36. The van der Waals surface area contributed by atoms with Gasteiger partial charge in [0.1, 0.15) is 0 Å². The molecule has 0 aliphatic heterocycles. The summed E-state index contributed by atoms with van der Waals surface area (Å²) < 4.78 is 0. The van der Waals surface area contributed by atoms with Crippen molar-refractivity contribution in [1.29, 1.82) is 5.26 Å². The van der Waals surface area contributed by atoms with E-state index in [2.05, 4.69) is 5.32 Å². The number of carbonyl (C=O) groups excluding carboxylic acids is 1. The predicted octanol–water partition coefficient (Wildman–Crippen LogP) is 1.32. The normalized spacial score (nSPS) is 12.1. The van der Waals surface area contributed by atoms with E-state index in [0.717, 1.165) is 5.56 Å². The molecule has 0 bridgehead atoms. The zero-order valence-electron chi connectivity index (χ0n) is 10.3. The number of aliphatic hydroxyl groups excluding tert-OH is 1. The summed E-state index contributed by atoms with van der Waals surface area (Å²) >= 11 is 0. The van der Waals surface area contributed by atoms with E-state index in [1.165, 1.54) is 6.08 Å². The Hall–Kier alpha value is -2.12. The van der Waals surface area contributed by atoms with E-state index >= 15 is 0 Å². The van der Waals surface area contributed by atoms with Gasteiger partial charge in [0.2, 0.25) is 5.91 Å². The first-order chi connectivity index (χ1) is 8.65. The number of hydrogen-bond acceptors (Lipinski definition) is 3. The molecule has 1 aromatic carbocycles. The topological polar surface area (TPSA) is 73.1 Å². The fourth-order valence-electron chi connectivity index (χ4n) is 1.24. The van der Waals surface area contributed by atoms with E-state index in [1.54, 1.807) is 30.3 Å². The van der Waals surface area contributed by atoms with Crippen LogP contribution in [0.25, 0.3) is 6.08 Å². The molecule has 0 heterocycles. The van der Waals surface area contributed by atoms with Gasteiger partial charge in [-0.3, -0.25) is 4.79 Å². The van der Waals surface area contributed by atoms with Crippen molar-refractivity contribution < 1.29 is 9.90 Å². The Labute approximate surface area is 107 Å². The number of benzene rings is 1. The molecule has 0 aliphatic rings. The fraction of sp³-hybridized carbons (Fsp3) is 0.286. The molecule has 0 radical (unpaired) electrons. The lowest BCUT2D eigenvalue weighted by Gasteiger charge is -2.07. The molecule has 0 fully saturated rings. The van der Waals surface area contributed by atoms with Crippen LogP contribution in [0.1, 0.15) is 18.1 Å². The van der Waals surface area contributed by atoms with E-state index in [-0.39, 0.29) is 18.4 Å². The second-order valence-corrected chi connectivity index (χ2v) is 4.10. The molecular formula is C14H16N2O2. The number of rotatable bonds is 5. The minimum Gasteiger partial charge on any atom is -0.396 e. The summed E-state index contributed by atoms with van der Waals surface area (Å²) in [5.41, 5.74) is 1.45. The molecular weight excluding hydrogens is 228 g/mol. The van der Waals surface area contributed by atoms with E-state index in [1.807, 2.05) is 13.0 Å². The summed E-state index contributed by atoms with van der Waals surface area (Å²) in [5, 5.41) is 20.1. The minimum absolute atomic E-state index is 0.0530. The van der Waals surface area contributed by atoms with Gasteiger partial charge in [0.25, 0.3) is 0 Å². The first kappa shape index (κ1) is 13.9. The van der Waals surface area contributed by atoms with E-state index in [4.69, 9.17) is 10.4 Å². The largest absolute Gasteiger partial charge is 0.396 e. The molecule has 1 amide bonds. The molecule has 4 nitrogen and oxygen atoms in total. The van der Waals surface area contributed by atoms with Crippen LogP contribution >= 0.6 is 0 Å². The van der Waals surface area contributed by atoms with Gasteiger partial charge in [-0.15, -0.1) is 0 Å². The molecule has 0 saturated carbocycles. The maximum atomic E-state index is 11.4. The van der Waals surface area contributed by atoms with Crippen LogP contribution in [0.15, 0.2) is 30.3 Å². The van der Waals surface area contributed by atoms with Gasteiger partial charge in [-0.25, -0.2) is 0 Å². The molecule has 4 heteroatoms. The van der Waals surface area contributed by atoms with Gasteiger partial charge in [-0.05, 0) is 29.7 Å². The van der Waals surface area contributed by atoms with Crippen LogP contribution in [0, 0.1) is 17.2 Å². The van der Waals surface area contributed by atoms with E-state index in [0.29, 0.717) is 12.1 Å². The lowest BCUT2D eigenvalue weighted by molar-refractivity contribution is -0.116. The van der Waals surface area contributed by atoms with Crippen LogP contribution in [-0.2, 0) is 4.79 Å². The molecule has 2 N–H and O–H groups in total. The maximum absolute atomic E-state index is 11.4. The van der Waals surface area contributed by atoms with Gasteiger partial charge in [0.15, 0.2) is 0 Å².